The molecule has 0 aliphatic carbocycles. The highest BCUT2D eigenvalue weighted by molar-refractivity contribution is 9.10. The predicted octanol–water partition coefficient (Wildman–Crippen LogP) is 2.11. The summed E-state index contributed by atoms with van der Waals surface area (Å²) in [7, 11) is 3.24. The van der Waals surface area contributed by atoms with E-state index in [1.54, 1.807) is 14.2 Å². The summed E-state index contributed by atoms with van der Waals surface area (Å²) in [5.74, 6) is 0.846. The van der Waals surface area contributed by atoms with Crippen LogP contribution in [-0.2, 0) is 11.4 Å². The lowest BCUT2D eigenvalue weighted by molar-refractivity contribution is 0.0861. The Morgan fingerprint density at radius 3 is 2.77 bits per heavy atom. The molecular formula is C9H12BrNO2. The van der Waals surface area contributed by atoms with Crippen LogP contribution in [0.5, 0.6) is 5.75 Å². The molecule has 0 aliphatic heterocycles. The van der Waals surface area contributed by atoms with Gasteiger partial charge >= 0.3 is 0 Å². The van der Waals surface area contributed by atoms with E-state index in [4.69, 9.17) is 9.57 Å². The number of hydrogen-bond donors (Lipinski definition) is 1. The van der Waals surface area contributed by atoms with E-state index in [0.29, 0.717) is 6.54 Å². The van der Waals surface area contributed by atoms with E-state index >= 15 is 0 Å². The van der Waals surface area contributed by atoms with Crippen LogP contribution in [-0.4, -0.2) is 14.2 Å². The first-order valence-corrected chi connectivity index (χ1v) is 4.65. The molecule has 0 spiro atoms. The molecule has 0 radical (unpaired) electrons. The first-order valence-electron chi connectivity index (χ1n) is 3.86. The maximum Gasteiger partial charge on any atom is 0.124 e. The Bertz CT molecular complexity index is 278. The average Bonchev–Trinajstić information content (AvgIpc) is 2.16. The molecule has 4 heteroatoms. The molecule has 0 bridgehead atoms. The minimum absolute atomic E-state index is 0.632. The van der Waals surface area contributed by atoms with E-state index in [1.165, 1.54) is 0 Å². The quantitative estimate of drug-likeness (QED) is 0.825. The molecule has 0 aromatic heterocycles. The van der Waals surface area contributed by atoms with E-state index in [0.717, 1.165) is 15.8 Å². The number of benzene rings is 1. The summed E-state index contributed by atoms with van der Waals surface area (Å²) < 4.78 is 6.20. The number of halogens is 1. The standard InChI is InChI=1S/C9H12BrNO2/c1-12-9-5-8(10)4-3-7(9)6-11-13-2/h3-5,11H,6H2,1-2H3. The van der Waals surface area contributed by atoms with Crippen molar-refractivity contribution >= 4 is 15.9 Å². The maximum absolute atomic E-state index is 5.20. The zero-order chi connectivity index (χ0) is 9.68. The third-order valence-electron chi connectivity index (χ3n) is 1.66. The number of methoxy groups -OCH3 is 1. The highest BCUT2D eigenvalue weighted by atomic mass is 79.9. The molecule has 0 amide bonds. The zero-order valence-electron chi connectivity index (χ0n) is 7.63. The SMILES string of the molecule is CONCc1ccc(Br)cc1OC. The van der Waals surface area contributed by atoms with Gasteiger partial charge in [0.2, 0.25) is 0 Å². The van der Waals surface area contributed by atoms with Gasteiger partial charge in [-0.05, 0) is 12.1 Å². The van der Waals surface area contributed by atoms with Crippen molar-refractivity contribution in [3.63, 3.8) is 0 Å². The van der Waals surface area contributed by atoms with Crippen LogP contribution < -0.4 is 10.2 Å². The van der Waals surface area contributed by atoms with Gasteiger partial charge in [-0.3, -0.25) is 0 Å². The number of hydrogen-bond acceptors (Lipinski definition) is 3. The van der Waals surface area contributed by atoms with Gasteiger partial charge in [-0.25, -0.2) is 0 Å². The van der Waals surface area contributed by atoms with E-state index in [-0.39, 0.29) is 0 Å². The maximum atomic E-state index is 5.20. The van der Waals surface area contributed by atoms with Gasteiger partial charge in [0.05, 0.1) is 14.2 Å². The fraction of sp³-hybridized carbons (Fsp3) is 0.333. The van der Waals surface area contributed by atoms with Crippen molar-refractivity contribution in [3.8, 4) is 5.75 Å². The second-order valence-electron chi connectivity index (χ2n) is 2.48. The minimum Gasteiger partial charge on any atom is -0.496 e. The summed E-state index contributed by atoms with van der Waals surface area (Å²) in [5, 5.41) is 0. The normalized spacial score (nSPS) is 10.1. The molecule has 0 heterocycles. The third kappa shape index (κ3) is 2.99. The van der Waals surface area contributed by atoms with Crippen molar-refractivity contribution in [3.05, 3.63) is 28.2 Å². The largest absolute Gasteiger partial charge is 0.496 e. The number of rotatable bonds is 4. The number of ether oxygens (including phenoxy) is 1. The first-order chi connectivity index (χ1) is 6.27. The summed E-state index contributed by atoms with van der Waals surface area (Å²) in [6.45, 7) is 0.632. The summed E-state index contributed by atoms with van der Waals surface area (Å²) in [5.41, 5.74) is 3.83. The molecule has 72 valence electrons. The van der Waals surface area contributed by atoms with Crippen LogP contribution in [0.3, 0.4) is 0 Å². The summed E-state index contributed by atoms with van der Waals surface area (Å²) >= 11 is 3.37. The summed E-state index contributed by atoms with van der Waals surface area (Å²) in [4.78, 5) is 4.76. The first kappa shape index (κ1) is 10.5. The van der Waals surface area contributed by atoms with E-state index < -0.39 is 0 Å². The molecule has 0 fully saturated rings. The molecule has 0 atom stereocenters. The highest BCUT2D eigenvalue weighted by Gasteiger charge is 2.02. The van der Waals surface area contributed by atoms with Gasteiger partial charge in [0.15, 0.2) is 0 Å². The van der Waals surface area contributed by atoms with Gasteiger partial charge in [0.25, 0.3) is 0 Å². The lowest BCUT2D eigenvalue weighted by Gasteiger charge is -2.08. The Labute approximate surface area is 86.1 Å². The monoisotopic (exact) mass is 245 g/mol. The second kappa shape index (κ2) is 5.21. The Hall–Kier alpha value is -0.580. The predicted molar refractivity (Wildman–Crippen MR) is 54.5 cm³/mol. The molecule has 1 rings (SSSR count). The van der Waals surface area contributed by atoms with Gasteiger partial charge in [-0.1, -0.05) is 22.0 Å². The smallest absolute Gasteiger partial charge is 0.124 e. The van der Waals surface area contributed by atoms with E-state index in [1.807, 2.05) is 18.2 Å². The van der Waals surface area contributed by atoms with E-state index in [9.17, 15) is 0 Å². The Balaban J connectivity index is 2.79. The number of nitrogens with one attached hydrogen (secondary N) is 1. The number of hydroxylamine groups is 1. The fourth-order valence-electron chi connectivity index (χ4n) is 1.01. The summed E-state index contributed by atoms with van der Waals surface area (Å²) in [6.07, 6.45) is 0. The van der Waals surface area contributed by atoms with Crippen LogP contribution in [0, 0.1) is 0 Å². The molecule has 13 heavy (non-hydrogen) atoms. The van der Waals surface area contributed by atoms with Crippen molar-refractivity contribution in [2.45, 2.75) is 6.54 Å². The molecule has 0 unspecified atom stereocenters. The molecule has 1 N–H and O–H groups in total. The third-order valence-corrected chi connectivity index (χ3v) is 2.15. The van der Waals surface area contributed by atoms with Crippen LogP contribution in [0.4, 0.5) is 0 Å². The lowest BCUT2D eigenvalue weighted by Crippen LogP contribution is -2.11. The molecule has 0 aliphatic rings. The minimum atomic E-state index is 0.632. The molecular weight excluding hydrogens is 234 g/mol. The van der Waals surface area contributed by atoms with Crippen LogP contribution in [0.15, 0.2) is 22.7 Å². The average molecular weight is 246 g/mol. The Morgan fingerprint density at radius 2 is 2.15 bits per heavy atom. The van der Waals surface area contributed by atoms with Crippen molar-refractivity contribution < 1.29 is 9.57 Å². The lowest BCUT2D eigenvalue weighted by atomic mass is 10.2. The van der Waals surface area contributed by atoms with Gasteiger partial charge in [0.1, 0.15) is 5.75 Å². The molecule has 0 saturated heterocycles. The Morgan fingerprint density at radius 1 is 1.38 bits per heavy atom. The van der Waals surface area contributed by atoms with Gasteiger partial charge in [-0.15, -0.1) is 0 Å². The van der Waals surface area contributed by atoms with Gasteiger partial charge in [-0.2, -0.15) is 5.48 Å². The molecule has 1 aromatic carbocycles. The topological polar surface area (TPSA) is 30.5 Å². The van der Waals surface area contributed by atoms with E-state index in [2.05, 4.69) is 21.4 Å². The van der Waals surface area contributed by atoms with Crippen LogP contribution >= 0.6 is 15.9 Å². The van der Waals surface area contributed by atoms with Crippen LogP contribution in [0.2, 0.25) is 0 Å². The fourth-order valence-corrected chi connectivity index (χ4v) is 1.35. The van der Waals surface area contributed by atoms with Crippen LogP contribution in [0.25, 0.3) is 0 Å². The van der Waals surface area contributed by atoms with Crippen molar-refractivity contribution in [1.29, 1.82) is 0 Å². The Kier molecular flexibility index (Phi) is 4.21. The van der Waals surface area contributed by atoms with Gasteiger partial charge in [0, 0.05) is 16.6 Å². The van der Waals surface area contributed by atoms with Crippen molar-refractivity contribution in [2.75, 3.05) is 14.2 Å². The van der Waals surface area contributed by atoms with Crippen molar-refractivity contribution in [1.82, 2.24) is 5.48 Å². The highest BCUT2D eigenvalue weighted by Crippen LogP contribution is 2.23. The van der Waals surface area contributed by atoms with Crippen molar-refractivity contribution in [2.24, 2.45) is 0 Å². The molecule has 0 saturated carbocycles. The second-order valence-corrected chi connectivity index (χ2v) is 3.40. The molecule has 1 aromatic rings. The molecule has 3 nitrogen and oxygen atoms in total. The summed E-state index contributed by atoms with van der Waals surface area (Å²) in [6, 6.07) is 5.87. The van der Waals surface area contributed by atoms with Crippen LogP contribution in [0.1, 0.15) is 5.56 Å². The zero-order valence-corrected chi connectivity index (χ0v) is 9.22. The van der Waals surface area contributed by atoms with Gasteiger partial charge < -0.3 is 9.57 Å².